The van der Waals surface area contributed by atoms with Gasteiger partial charge in [-0.3, -0.25) is 0 Å². The lowest BCUT2D eigenvalue weighted by atomic mass is 10.1. The molecule has 0 spiro atoms. The maximum absolute atomic E-state index is 12.1. The van der Waals surface area contributed by atoms with Gasteiger partial charge in [0.25, 0.3) is 0 Å². The van der Waals surface area contributed by atoms with Crippen LogP contribution in [0.15, 0.2) is 48.5 Å². The maximum atomic E-state index is 12.1. The molecule has 0 aliphatic carbocycles. The fraction of sp³-hybridized carbons (Fsp3) is 0.235. The summed E-state index contributed by atoms with van der Waals surface area (Å²) in [6.45, 7) is 0.321. The van der Waals surface area contributed by atoms with Crippen molar-refractivity contribution in [3.63, 3.8) is 0 Å². The van der Waals surface area contributed by atoms with Crippen LogP contribution < -0.4 is 4.74 Å². The fourth-order valence-electron chi connectivity index (χ4n) is 1.97. The van der Waals surface area contributed by atoms with E-state index in [-0.39, 0.29) is 12.4 Å². The topological polar surface area (TPSA) is 44.8 Å². The third kappa shape index (κ3) is 5.58. The summed E-state index contributed by atoms with van der Waals surface area (Å²) in [6, 6.07) is 11.9. The highest BCUT2D eigenvalue weighted by Gasteiger charge is 2.30. The number of alkyl halides is 3. The van der Waals surface area contributed by atoms with Crippen molar-refractivity contribution < 1.29 is 32.2 Å². The van der Waals surface area contributed by atoms with E-state index >= 15 is 0 Å². The van der Waals surface area contributed by atoms with E-state index in [0.717, 1.165) is 17.7 Å². The van der Waals surface area contributed by atoms with Crippen LogP contribution in [0.25, 0.3) is 0 Å². The smallest absolute Gasteiger partial charge is 0.457 e. The molecule has 0 saturated heterocycles. The molecular formula is C17H15F3O4. The van der Waals surface area contributed by atoms with Gasteiger partial charge in [0.15, 0.2) is 0 Å². The number of hydrogen-bond acceptors (Lipinski definition) is 4. The van der Waals surface area contributed by atoms with E-state index < -0.39 is 12.3 Å². The van der Waals surface area contributed by atoms with E-state index in [1.54, 1.807) is 25.3 Å². The van der Waals surface area contributed by atoms with Crippen molar-refractivity contribution in [1.29, 1.82) is 0 Å². The van der Waals surface area contributed by atoms with Crippen molar-refractivity contribution >= 4 is 5.97 Å². The monoisotopic (exact) mass is 340 g/mol. The fourth-order valence-corrected chi connectivity index (χ4v) is 1.97. The number of carbonyl (C=O) groups excluding carboxylic acids is 1. The van der Waals surface area contributed by atoms with Crippen molar-refractivity contribution in [2.45, 2.75) is 19.6 Å². The molecule has 0 aliphatic rings. The van der Waals surface area contributed by atoms with Gasteiger partial charge in [-0.2, -0.15) is 0 Å². The zero-order chi connectivity index (χ0) is 17.6. The second kappa shape index (κ2) is 7.83. The summed E-state index contributed by atoms with van der Waals surface area (Å²) in [6.07, 6.45) is -4.73. The number of ether oxygens (including phenoxy) is 3. The Kier molecular flexibility index (Phi) is 5.81. The summed E-state index contributed by atoms with van der Waals surface area (Å²) in [5.41, 5.74) is 1.76. The predicted octanol–water partition coefficient (Wildman–Crippen LogP) is 4.09. The Bertz CT molecular complexity index is 681. The number of halogens is 3. The minimum Gasteiger partial charge on any atom is -0.457 e. The van der Waals surface area contributed by atoms with E-state index in [1.165, 1.54) is 12.1 Å². The van der Waals surface area contributed by atoms with Gasteiger partial charge in [-0.15, -0.1) is 13.2 Å². The third-order valence-corrected chi connectivity index (χ3v) is 3.00. The summed E-state index contributed by atoms with van der Waals surface area (Å²) in [7, 11) is 1.55. The molecule has 2 rings (SSSR count). The van der Waals surface area contributed by atoms with Crippen LogP contribution in [-0.2, 0) is 22.7 Å². The molecule has 0 bridgehead atoms. The molecule has 0 amide bonds. The van der Waals surface area contributed by atoms with Gasteiger partial charge < -0.3 is 14.2 Å². The normalized spacial score (nSPS) is 11.2. The van der Waals surface area contributed by atoms with Crippen molar-refractivity contribution in [1.82, 2.24) is 0 Å². The van der Waals surface area contributed by atoms with Gasteiger partial charge in [0, 0.05) is 7.11 Å². The van der Waals surface area contributed by atoms with E-state index in [4.69, 9.17) is 9.47 Å². The Morgan fingerprint density at radius 1 is 1.00 bits per heavy atom. The Morgan fingerprint density at radius 3 is 2.33 bits per heavy atom. The van der Waals surface area contributed by atoms with Gasteiger partial charge in [-0.25, -0.2) is 4.79 Å². The van der Waals surface area contributed by atoms with Crippen LogP contribution in [0.2, 0.25) is 0 Å². The zero-order valence-corrected chi connectivity index (χ0v) is 12.8. The molecule has 7 heteroatoms. The molecule has 0 aliphatic heterocycles. The average molecular weight is 340 g/mol. The molecule has 24 heavy (non-hydrogen) atoms. The minimum absolute atomic E-state index is 0.0559. The van der Waals surface area contributed by atoms with Crippen LogP contribution in [0.3, 0.4) is 0 Å². The van der Waals surface area contributed by atoms with Gasteiger partial charge >= 0.3 is 12.3 Å². The quantitative estimate of drug-likeness (QED) is 0.743. The van der Waals surface area contributed by atoms with E-state index in [1.807, 2.05) is 6.07 Å². The summed E-state index contributed by atoms with van der Waals surface area (Å²) >= 11 is 0. The Balaban J connectivity index is 1.93. The van der Waals surface area contributed by atoms with Gasteiger partial charge in [-0.05, 0) is 35.4 Å². The molecule has 0 atom stereocenters. The molecule has 128 valence electrons. The second-order valence-corrected chi connectivity index (χ2v) is 4.90. The first-order valence-corrected chi connectivity index (χ1v) is 6.97. The molecule has 0 fully saturated rings. The molecule has 0 N–H and O–H groups in total. The first-order valence-electron chi connectivity index (χ1n) is 6.97. The second-order valence-electron chi connectivity index (χ2n) is 4.90. The highest BCUT2D eigenvalue weighted by molar-refractivity contribution is 5.89. The Labute approximate surface area is 136 Å². The van der Waals surface area contributed by atoms with Crippen LogP contribution >= 0.6 is 0 Å². The lowest BCUT2D eigenvalue weighted by molar-refractivity contribution is -0.274. The van der Waals surface area contributed by atoms with Crippen molar-refractivity contribution in [2.75, 3.05) is 7.11 Å². The molecule has 0 aromatic heterocycles. The molecule has 2 aromatic carbocycles. The highest BCUT2D eigenvalue weighted by Crippen LogP contribution is 2.23. The van der Waals surface area contributed by atoms with E-state index in [0.29, 0.717) is 17.7 Å². The SMILES string of the molecule is COCc1cccc(C(=O)OCc2ccc(OC(F)(F)F)cc2)c1. The number of methoxy groups -OCH3 is 1. The molecule has 0 heterocycles. The summed E-state index contributed by atoms with van der Waals surface area (Å²) < 4.78 is 50.1. The number of hydrogen-bond donors (Lipinski definition) is 0. The van der Waals surface area contributed by atoms with Crippen LogP contribution in [0.4, 0.5) is 13.2 Å². The van der Waals surface area contributed by atoms with Crippen LogP contribution in [0, 0.1) is 0 Å². The van der Waals surface area contributed by atoms with Gasteiger partial charge in [0.2, 0.25) is 0 Å². The third-order valence-electron chi connectivity index (χ3n) is 3.00. The van der Waals surface area contributed by atoms with Crippen molar-refractivity contribution in [2.24, 2.45) is 0 Å². The zero-order valence-electron chi connectivity index (χ0n) is 12.8. The summed E-state index contributed by atoms with van der Waals surface area (Å²) in [4.78, 5) is 12.0. The highest BCUT2D eigenvalue weighted by atomic mass is 19.4. The predicted molar refractivity (Wildman–Crippen MR) is 79.4 cm³/mol. The number of benzene rings is 2. The Hall–Kier alpha value is -2.54. The molecule has 0 radical (unpaired) electrons. The molecule has 0 unspecified atom stereocenters. The lowest BCUT2D eigenvalue weighted by Crippen LogP contribution is -2.17. The average Bonchev–Trinajstić information content (AvgIpc) is 2.53. The summed E-state index contributed by atoms with van der Waals surface area (Å²) in [5.74, 6) is -0.853. The van der Waals surface area contributed by atoms with Crippen molar-refractivity contribution in [3.8, 4) is 5.75 Å². The van der Waals surface area contributed by atoms with E-state index in [9.17, 15) is 18.0 Å². The Morgan fingerprint density at radius 2 is 1.71 bits per heavy atom. The number of esters is 1. The molecular weight excluding hydrogens is 325 g/mol. The van der Waals surface area contributed by atoms with Crippen LogP contribution in [0.1, 0.15) is 21.5 Å². The maximum Gasteiger partial charge on any atom is 0.573 e. The molecule has 2 aromatic rings. The summed E-state index contributed by atoms with van der Waals surface area (Å²) in [5, 5.41) is 0. The number of rotatable bonds is 6. The van der Waals surface area contributed by atoms with Crippen LogP contribution in [0.5, 0.6) is 5.75 Å². The first-order chi connectivity index (χ1) is 11.4. The molecule has 4 nitrogen and oxygen atoms in total. The van der Waals surface area contributed by atoms with E-state index in [2.05, 4.69) is 4.74 Å². The number of carbonyl (C=O) groups is 1. The van der Waals surface area contributed by atoms with Gasteiger partial charge in [0.1, 0.15) is 12.4 Å². The van der Waals surface area contributed by atoms with Gasteiger partial charge in [0.05, 0.1) is 12.2 Å². The largest absolute Gasteiger partial charge is 0.573 e. The van der Waals surface area contributed by atoms with Gasteiger partial charge in [-0.1, -0.05) is 24.3 Å². The minimum atomic E-state index is -4.73. The van der Waals surface area contributed by atoms with Crippen LogP contribution in [-0.4, -0.2) is 19.4 Å². The lowest BCUT2D eigenvalue weighted by Gasteiger charge is -2.10. The standard InChI is InChI=1S/C17H15F3O4/c1-22-10-13-3-2-4-14(9-13)16(21)23-11-12-5-7-15(8-6-12)24-17(18,19)20/h2-9H,10-11H2,1H3. The van der Waals surface area contributed by atoms with Crippen molar-refractivity contribution in [3.05, 3.63) is 65.2 Å². The first kappa shape index (κ1) is 17.8. The molecule has 0 saturated carbocycles.